The van der Waals surface area contributed by atoms with Crippen LogP contribution in [0.1, 0.15) is 35.4 Å². The van der Waals surface area contributed by atoms with Crippen LogP contribution in [0.15, 0.2) is 49.2 Å². The number of fused-ring (bicyclic) bond motifs is 2. The summed E-state index contributed by atoms with van der Waals surface area (Å²) < 4.78 is 38.2. The Morgan fingerprint density at radius 3 is 2.50 bits per heavy atom. The fourth-order valence-corrected chi connectivity index (χ4v) is 4.52. The van der Waals surface area contributed by atoms with Gasteiger partial charge < -0.3 is 10.2 Å². The van der Waals surface area contributed by atoms with Crippen LogP contribution in [0.5, 0.6) is 0 Å². The minimum absolute atomic E-state index is 0.0129. The van der Waals surface area contributed by atoms with Crippen molar-refractivity contribution in [2.75, 3.05) is 5.32 Å². The van der Waals surface area contributed by atoms with Crippen molar-refractivity contribution >= 4 is 11.7 Å². The van der Waals surface area contributed by atoms with Gasteiger partial charge in [0.1, 0.15) is 11.5 Å². The summed E-state index contributed by atoms with van der Waals surface area (Å²) >= 11 is 0. The number of nitrogens with one attached hydrogen (secondary N) is 1. The molecule has 1 amide bonds. The highest BCUT2D eigenvalue weighted by molar-refractivity contribution is 5.99. The summed E-state index contributed by atoms with van der Waals surface area (Å²) in [5, 5.41) is 3.15. The van der Waals surface area contributed by atoms with Crippen molar-refractivity contribution < 1.29 is 18.0 Å². The summed E-state index contributed by atoms with van der Waals surface area (Å²) in [5.74, 6) is 0.465. The van der Waals surface area contributed by atoms with E-state index in [-0.39, 0.29) is 35.5 Å². The highest BCUT2D eigenvalue weighted by Gasteiger charge is 2.49. The highest BCUT2D eigenvalue weighted by atomic mass is 19.4. The molecule has 0 saturated carbocycles. The van der Waals surface area contributed by atoms with E-state index in [1.54, 1.807) is 36.8 Å². The molecule has 164 valence electrons. The number of halogens is 3. The van der Waals surface area contributed by atoms with Gasteiger partial charge in [0.15, 0.2) is 11.5 Å². The first-order chi connectivity index (χ1) is 15.4. The monoisotopic (exact) mass is 441 g/mol. The summed E-state index contributed by atoms with van der Waals surface area (Å²) in [6.45, 7) is 0. The molecule has 0 aromatic carbocycles. The van der Waals surface area contributed by atoms with Crippen LogP contribution < -0.4 is 5.32 Å². The molecule has 5 rings (SSSR count). The summed E-state index contributed by atoms with van der Waals surface area (Å²) in [4.78, 5) is 35.4. The first-order valence-electron chi connectivity index (χ1n) is 10.1. The molecule has 0 radical (unpaired) electrons. The van der Waals surface area contributed by atoms with E-state index in [0.717, 1.165) is 19.0 Å². The normalized spacial score (nSPS) is 22.2. The molecule has 2 fully saturated rings. The second-order valence-electron chi connectivity index (χ2n) is 7.75. The fourth-order valence-electron chi connectivity index (χ4n) is 4.52. The second-order valence-corrected chi connectivity index (χ2v) is 7.75. The molecule has 2 aliphatic rings. The van der Waals surface area contributed by atoms with Crippen molar-refractivity contribution in [1.29, 1.82) is 0 Å². The Balaban J connectivity index is 1.36. The number of carbonyl (C=O) groups excluding carboxylic acids is 1. The van der Waals surface area contributed by atoms with E-state index in [2.05, 4.69) is 30.2 Å². The van der Waals surface area contributed by atoms with Crippen LogP contribution in [0.2, 0.25) is 0 Å². The van der Waals surface area contributed by atoms with Crippen LogP contribution >= 0.6 is 0 Å². The van der Waals surface area contributed by atoms with Gasteiger partial charge in [-0.15, -0.1) is 0 Å². The summed E-state index contributed by atoms with van der Waals surface area (Å²) in [5.41, 5.74) is -0.202. The molecule has 1 N–H and O–H groups in total. The largest absolute Gasteiger partial charge is 0.434 e. The van der Waals surface area contributed by atoms with E-state index in [4.69, 9.17) is 0 Å². The van der Waals surface area contributed by atoms with Crippen molar-refractivity contribution in [3.63, 3.8) is 0 Å². The number of hydrogen-bond acceptors (Lipinski definition) is 7. The molecule has 3 aromatic heterocycles. The predicted molar refractivity (Wildman–Crippen MR) is 107 cm³/mol. The van der Waals surface area contributed by atoms with Gasteiger partial charge in [0.25, 0.3) is 5.91 Å². The number of hydrogen-bond donors (Lipinski definition) is 1. The van der Waals surface area contributed by atoms with Gasteiger partial charge in [0.05, 0.1) is 30.0 Å². The van der Waals surface area contributed by atoms with Gasteiger partial charge in [-0.3, -0.25) is 9.78 Å². The molecule has 11 heteroatoms. The second kappa shape index (κ2) is 7.81. The van der Waals surface area contributed by atoms with E-state index >= 15 is 0 Å². The van der Waals surface area contributed by atoms with Gasteiger partial charge in [0, 0.05) is 24.6 Å². The lowest BCUT2D eigenvalue weighted by Crippen LogP contribution is -2.40. The third-order valence-corrected chi connectivity index (χ3v) is 5.86. The zero-order valence-corrected chi connectivity index (χ0v) is 16.7. The average molecular weight is 441 g/mol. The van der Waals surface area contributed by atoms with Gasteiger partial charge >= 0.3 is 6.18 Å². The van der Waals surface area contributed by atoms with Crippen LogP contribution in [0.3, 0.4) is 0 Å². The smallest absolute Gasteiger partial charge is 0.364 e. The summed E-state index contributed by atoms with van der Waals surface area (Å²) in [6.07, 6.45) is 4.33. The Hall–Kier alpha value is -3.63. The molecule has 3 aromatic rings. The maximum absolute atomic E-state index is 13.5. The summed E-state index contributed by atoms with van der Waals surface area (Å²) in [6, 6.07) is 4.95. The Kier molecular flexibility index (Phi) is 4.95. The molecule has 0 aliphatic carbocycles. The maximum atomic E-state index is 13.5. The van der Waals surface area contributed by atoms with Gasteiger partial charge in [-0.2, -0.15) is 13.2 Å². The van der Waals surface area contributed by atoms with Crippen molar-refractivity contribution in [3.8, 4) is 11.4 Å². The molecule has 0 unspecified atom stereocenters. The van der Waals surface area contributed by atoms with Crippen molar-refractivity contribution in [1.82, 2.24) is 29.8 Å². The number of aromatic nitrogens is 5. The lowest BCUT2D eigenvalue weighted by Gasteiger charge is -2.25. The first-order valence-corrected chi connectivity index (χ1v) is 10.1. The maximum Gasteiger partial charge on any atom is 0.434 e. The fraction of sp³-hybridized carbons (Fsp3) is 0.333. The molecule has 0 spiro atoms. The molecule has 2 bridgehead atoms. The Morgan fingerprint density at radius 2 is 1.78 bits per heavy atom. The molecule has 2 saturated heterocycles. The minimum atomic E-state index is -4.54. The van der Waals surface area contributed by atoms with Gasteiger partial charge in [0.2, 0.25) is 0 Å². The van der Waals surface area contributed by atoms with Gasteiger partial charge in [-0.25, -0.2) is 19.9 Å². The van der Waals surface area contributed by atoms with Gasteiger partial charge in [-0.05, 0) is 37.5 Å². The standard InChI is InChI=1S/C21H18F3N7O/c22-21(23,24)16-10-29-17(11-28-16)30-14-9-12-4-5-15(14)31(12)20(32)18-13(3-1-6-25-18)19-26-7-2-8-27-19/h1-3,6-8,10-12,14-15H,4-5,9H2,(H,29,30)/t12-,14-,15+/m1/s1. The highest BCUT2D eigenvalue weighted by Crippen LogP contribution is 2.40. The molecular weight excluding hydrogens is 423 g/mol. The van der Waals surface area contributed by atoms with E-state index in [1.165, 1.54) is 0 Å². The molecule has 2 aliphatic heterocycles. The third-order valence-electron chi connectivity index (χ3n) is 5.86. The van der Waals surface area contributed by atoms with Crippen LogP contribution in [0, 0.1) is 0 Å². The van der Waals surface area contributed by atoms with Crippen LogP contribution in [-0.4, -0.2) is 53.9 Å². The molecular formula is C21H18F3N7O. The van der Waals surface area contributed by atoms with E-state index in [0.29, 0.717) is 24.0 Å². The number of alkyl halides is 3. The number of nitrogens with zero attached hydrogens (tertiary/aromatic N) is 6. The first kappa shape index (κ1) is 20.3. The molecule has 3 atom stereocenters. The number of carbonyl (C=O) groups is 1. The topological polar surface area (TPSA) is 96.8 Å². The molecule has 32 heavy (non-hydrogen) atoms. The van der Waals surface area contributed by atoms with Crippen LogP contribution in [0.25, 0.3) is 11.4 Å². The van der Waals surface area contributed by atoms with Crippen molar-refractivity contribution in [3.05, 3.63) is 60.6 Å². The number of amides is 1. The molecule has 8 nitrogen and oxygen atoms in total. The zero-order valence-electron chi connectivity index (χ0n) is 16.7. The van der Waals surface area contributed by atoms with Crippen molar-refractivity contribution in [2.45, 2.75) is 43.6 Å². The van der Waals surface area contributed by atoms with Crippen molar-refractivity contribution in [2.24, 2.45) is 0 Å². The third kappa shape index (κ3) is 3.63. The summed E-state index contributed by atoms with van der Waals surface area (Å²) in [7, 11) is 0. The lowest BCUT2D eigenvalue weighted by atomic mass is 9.95. The van der Waals surface area contributed by atoms with Crippen LogP contribution in [-0.2, 0) is 6.18 Å². The molecule has 5 heterocycles. The van der Waals surface area contributed by atoms with Crippen LogP contribution in [0.4, 0.5) is 19.0 Å². The zero-order chi connectivity index (χ0) is 22.3. The lowest BCUT2D eigenvalue weighted by molar-refractivity contribution is -0.141. The number of rotatable bonds is 4. The number of pyridine rings is 1. The predicted octanol–water partition coefficient (Wildman–Crippen LogP) is 3.21. The Bertz CT molecular complexity index is 1120. The van der Waals surface area contributed by atoms with E-state index in [9.17, 15) is 18.0 Å². The van der Waals surface area contributed by atoms with Gasteiger partial charge in [-0.1, -0.05) is 0 Å². The number of anilines is 1. The SMILES string of the molecule is O=C(c1ncccc1-c1ncccn1)N1[C@@H]2CC[C@H]1[C@H](Nc1cnc(C(F)(F)F)cn1)C2. The average Bonchev–Trinajstić information content (AvgIpc) is 3.37. The van der Waals surface area contributed by atoms with E-state index in [1.807, 2.05) is 4.90 Å². The Labute approximate surface area is 181 Å². The Morgan fingerprint density at radius 1 is 1.00 bits per heavy atom. The quantitative estimate of drug-likeness (QED) is 0.664. The van der Waals surface area contributed by atoms with E-state index < -0.39 is 11.9 Å². The minimum Gasteiger partial charge on any atom is -0.364 e.